The molecule has 0 aliphatic carbocycles. The van der Waals surface area contributed by atoms with Gasteiger partial charge in [-0.3, -0.25) is 86.3 Å². The fourth-order valence-corrected chi connectivity index (χ4v) is 17.2. The summed E-state index contributed by atoms with van der Waals surface area (Å²) in [4.78, 5) is 271. The Labute approximate surface area is 741 Å². The third-order valence-corrected chi connectivity index (χ3v) is 24.3. The van der Waals surface area contributed by atoms with Gasteiger partial charge in [-0.1, -0.05) is 88.1 Å². The lowest BCUT2D eigenvalue weighted by Gasteiger charge is -2.36. The summed E-state index contributed by atoms with van der Waals surface area (Å²) in [7, 11) is 2.71. The predicted molar refractivity (Wildman–Crippen MR) is 465 cm³/mol. The molecule has 43 heteroatoms. The minimum Gasteiger partial charge on any atom is -0.508 e. The normalized spacial score (nSPS) is 25.3. The molecule has 0 radical (unpaired) electrons. The number of hydrogen-bond acceptors (Lipinski definition) is 23. The van der Waals surface area contributed by atoms with Crippen LogP contribution in [0.25, 0.3) is 21.8 Å². The van der Waals surface area contributed by atoms with Crippen molar-refractivity contribution < 1.29 is 102 Å². The Bertz CT molecular complexity index is 4870. The van der Waals surface area contributed by atoms with Crippen LogP contribution < -0.4 is 76.1 Å². The molecule has 16 amide bonds. The maximum absolute atomic E-state index is 15.7. The van der Waals surface area contributed by atoms with E-state index in [0.717, 1.165) is 31.4 Å². The summed E-state index contributed by atoms with van der Waals surface area (Å²) in [5, 5.41) is 57.7. The van der Waals surface area contributed by atoms with Crippen LogP contribution in [0.3, 0.4) is 0 Å². The van der Waals surface area contributed by atoms with Gasteiger partial charge in [0, 0.05) is 106 Å². The molecule has 23 N–H and O–H groups in total. The zero-order valence-corrected chi connectivity index (χ0v) is 72.7. The van der Waals surface area contributed by atoms with Gasteiger partial charge in [0.25, 0.3) is 0 Å². The molecule has 1 unspecified atom stereocenters. The number of nitrogens with zero attached hydrogens (tertiary/aromatic N) is 5. The third-order valence-electron chi connectivity index (χ3n) is 23.3. The van der Waals surface area contributed by atoms with Crippen LogP contribution in [0.4, 0.5) is 0 Å². The summed E-state index contributed by atoms with van der Waals surface area (Å²) in [6.07, 6.45) is 2.14. The highest BCUT2D eigenvalue weighted by Crippen LogP contribution is 2.28. The molecule has 9 rings (SSSR count). The van der Waals surface area contributed by atoms with Crippen molar-refractivity contribution in [1.82, 2.24) is 87.6 Å². The Hall–Kier alpha value is -12.8. The molecule has 2 aromatic heterocycles. The molecule has 694 valence electrons. The molecule has 0 saturated carbocycles. The molecule has 6 heterocycles. The molecule has 4 aliphatic heterocycles. The number of hydrogen-bond donors (Lipinski definition) is 19. The summed E-state index contributed by atoms with van der Waals surface area (Å²) in [6.45, 7) is 0.983. The maximum Gasteiger partial charge on any atom is 0.305 e. The van der Waals surface area contributed by atoms with Crippen LogP contribution >= 0.6 is 11.8 Å². The van der Waals surface area contributed by atoms with Crippen molar-refractivity contribution in [3.63, 3.8) is 0 Å². The molecule has 128 heavy (non-hydrogen) atoms. The van der Waals surface area contributed by atoms with Crippen molar-refractivity contribution >= 4 is 140 Å². The predicted octanol–water partition coefficient (Wildman–Crippen LogP) is -3.68. The van der Waals surface area contributed by atoms with E-state index in [1.54, 1.807) is 60.9 Å². The molecule has 42 nitrogen and oxygen atoms in total. The van der Waals surface area contributed by atoms with Crippen LogP contribution in [0.2, 0.25) is 0 Å². The first kappa shape index (κ1) is 99.0. The number of amides is 16. The van der Waals surface area contributed by atoms with Gasteiger partial charge in [0.05, 0.1) is 25.1 Å². The summed E-state index contributed by atoms with van der Waals surface area (Å²) in [6, 6.07) is -2.24. The number of nitrogens with two attached hydrogens (primary N) is 4. The van der Waals surface area contributed by atoms with E-state index >= 15 is 24.0 Å². The summed E-state index contributed by atoms with van der Waals surface area (Å²) in [5.41, 5.74) is 26.7. The Morgan fingerprint density at radius 2 is 0.875 bits per heavy atom. The number of carbonyl (C=O) groups excluding carboxylic acids is 16. The van der Waals surface area contributed by atoms with E-state index < -0.39 is 235 Å². The molecule has 4 aliphatic rings. The minimum atomic E-state index is -1.94. The number of aromatic amines is 2. The summed E-state index contributed by atoms with van der Waals surface area (Å²) in [5.74, 6) is -19.5. The number of phenols is 1. The van der Waals surface area contributed by atoms with E-state index in [9.17, 15) is 77.6 Å². The smallest absolute Gasteiger partial charge is 0.305 e. The first-order valence-corrected chi connectivity index (χ1v) is 44.1. The van der Waals surface area contributed by atoms with Crippen molar-refractivity contribution in [2.45, 2.75) is 214 Å². The number of H-pyrrole nitrogens is 2. The molecule has 3 aromatic carbocycles. The SMILES string of the molecule is CCCC[C@H]1C(=O)N(C)[C@@H](CCCC)C(=O)N[C@@H](CN)C(=O)N[C@H](C(=O)NCC(N)=O)CSCC(=O)N[C@@H](Cc2ccc(O)cc2)C(=O)N2CCC[C@H]2C(=O)NC(CC(=O)O)C(=O)N2CCC[C@H]2C(=O)N[C@@H](CN)C(=O)N[C@@H](CC(=O)O)C(=O)N2CCC[C@H]2C(=O)N[C@@H](Cc2c[nH]c3ccccc23)C(=O)N[C@@H](CCN)C(=O)N[C@@H](Cc2c[nH]c3ccccc23)C(=O)N1C. The average molecular weight is 1800 g/mol. The van der Waals surface area contributed by atoms with Crippen LogP contribution in [-0.4, -0.2) is 312 Å². The number of aromatic hydroxyl groups is 1. The highest BCUT2D eigenvalue weighted by atomic mass is 32.2. The van der Waals surface area contributed by atoms with Crippen LogP contribution in [0.1, 0.15) is 127 Å². The van der Waals surface area contributed by atoms with Crippen molar-refractivity contribution in [2.75, 3.05) is 71.4 Å². The Balaban J connectivity index is 1.07. The molecular weight excluding hydrogens is 1680 g/mol. The molecule has 4 saturated heterocycles. The highest BCUT2D eigenvalue weighted by molar-refractivity contribution is 8.00. The van der Waals surface area contributed by atoms with E-state index in [1.165, 1.54) is 43.3 Å². The van der Waals surface area contributed by atoms with Gasteiger partial charge in [0.2, 0.25) is 94.5 Å². The Morgan fingerprint density at radius 1 is 0.461 bits per heavy atom. The second kappa shape index (κ2) is 47.2. The van der Waals surface area contributed by atoms with E-state index in [4.69, 9.17) is 22.9 Å². The first-order chi connectivity index (χ1) is 61.2. The number of likely N-dealkylation sites (N-methyl/N-ethyl adjacent to an activating group) is 2. The zero-order valence-electron chi connectivity index (χ0n) is 71.9. The van der Waals surface area contributed by atoms with Gasteiger partial charge >= 0.3 is 11.9 Å². The number of thioether (sulfide) groups is 1. The largest absolute Gasteiger partial charge is 0.508 e. The van der Waals surface area contributed by atoms with Crippen LogP contribution in [0.5, 0.6) is 5.75 Å². The van der Waals surface area contributed by atoms with Crippen LogP contribution in [0, 0.1) is 0 Å². The number of carbonyl (C=O) groups is 18. The van der Waals surface area contributed by atoms with Crippen LogP contribution in [-0.2, 0) is 106 Å². The number of unbranched alkanes of at least 4 members (excludes halogenated alkanes) is 2. The van der Waals surface area contributed by atoms with Gasteiger partial charge in [-0.15, -0.1) is 11.8 Å². The lowest BCUT2D eigenvalue weighted by Crippen LogP contribution is -2.62. The van der Waals surface area contributed by atoms with Gasteiger partial charge in [-0.25, -0.2) is 0 Å². The average Bonchev–Trinajstić information content (AvgIpc) is 1.57. The number of fused-ring (bicyclic) bond motifs is 5. The van der Waals surface area contributed by atoms with E-state index in [-0.39, 0.29) is 109 Å². The number of nitrogens with one attached hydrogen (secondary N) is 12. The van der Waals surface area contributed by atoms with Gasteiger partial charge in [-0.2, -0.15) is 0 Å². The molecule has 0 spiro atoms. The minimum absolute atomic E-state index is 0.00190. The number of para-hydroxylation sites is 2. The number of rotatable bonds is 23. The fourth-order valence-electron chi connectivity index (χ4n) is 16.4. The number of carboxylic acid groups (broad SMARTS) is 2. The lowest BCUT2D eigenvalue weighted by molar-refractivity contribution is -0.149. The number of primary amides is 1. The van der Waals surface area contributed by atoms with E-state index in [1.807, 2.05) is 13.8 Å². The van der Waals surface area contributed by atoms with Crippen molar-refractivity contribution in [3.05, 3.63) is 102 Å². The second-order valence-electron chi connectivity index (χ2n) is 32.3. The molecule has 5 aromatic rings. The number of benzene rings is 3. The Kier molecular flexibility index (Phi) is 36.5. The third kappa shape index (κ3) is 26.2. The van der Waals surface area contributed by atoms with Gasteiger partial charge in [0.1, 0.15) is 90.3 Å². The summed E-state index contributed by atoms with van der Waals surface area (Å²) < 4.78 is 0. The topological polar surface area (TPSA) is 640 Å². The Morgan fingerprint density at radius 3 is 1.37 bits per heavy atom. The lowest BCUT2D eigenvalue weighted by atomic mass is 10.00. The number of aliphatic carboxylic acids is 2. The van der Waals surface area contributed by atoms with Gasteiger partial charge in [0.15, 0.2) is 0 Å². The van der Waals surface area contributed by atoms with Crippen molar-refractivity contribution in [2.24, 2.45) is 22.9 Å². The molecule has 0 bridgehead atoms. The molecule has 4 fully saturated rings. The maximum atomic E-state index is 15.7. The van der Waals surface area contributed by atoms with Crippen molar-refractivity contribution in [1.29, 1.82) is 0 Å². The quantitative estimate of drug-likeness (QED) is 0.0299. The standard InChI is InChI=1S/C85H117N21O21S/c1-5-7-20-63-77(119)99-61(40-88)76(118)101-62(72(114)92-43-68(89)108)44-128-45-69(109)93-56(34-46-25-27-49(107)28-26-46)82(124)104-31-14-23-65(104)79(121)98-59(38-71(112)113)84(126)106-33-15-24-66(106)80(122)100-60(39-87)75(117)97-58(37-70(110)111)83(125)105-32-13-22-64(105)78(120)95-55(35-47-41-90-52-18-11-9-16-50(47)52)74(116)94-54(29-30-86)73(115)96-57(36-48-42-91-53-19-12-10-17-51(48)53)81(123)103(4)67(21-8-6-2)85(127)102(63)3/h9-12,16-19,25-28,41-42,54-67,90-91,107H,5-8,13-15,20-24,29-40,43-45,86-88H2,1-4H3,(H2,89,108)(H,92,114)(H,93,109)(H,94,116)(H,95,120)(H,96,115)(H,97,117)(H,98,121)(H,99,119)(H,100,122)(H,101,118)(H,110,111)(H,112,113)/t54-,55-,56-,57-,58-,59?,60-,61-,62-,63-,64-,65-,66-,67-/m0/s1. The molecule has 14 atom stereocenters. The number of phenolic OH excluding ortho intramolecular Hbond substituents is 1. The van der Waals surface area contributed by atoms with Crippen LogP contribution in [0.15, 0.2) is 85.2 Å². The van der Waals surface area contributed by atoms with E-state index in [0.29, 0.717) is 64.2 Å². The highest BCUT2D eigenvalue weighted by Gasteiger charge is 2.47. The monoisotopic (exact) mass is 1800 g/mol. The van der Waals surface area contributed by atoms with Crippen molar-refractivity contribution in [3.8, 4) is 5.75 Å². The first-order valence-electron chi connectivity index (χ1n) is 42.9. The fraction of sp³-hybridized carbons (Fsp3) is 0.529. The van der Waals surface area contributed by atoms with E-state index in [2.05, 4.69) is 63.1 Å². The van der Waals surface area contributed by atoms with Gasteiger partial charge < -0.3 is 126 Å². The number of aromatic nitrogens is 2. The zero-order chi connectivity index (χ0) is 93.2. The van der Waals surface area contributed by atoms with Gasteiger partial charge in [-0.05, 0) is 105 Å². The number of carboxylic acids is 2. The molecular formula is C85H117N21O21S. The summed E-state index contributed by atoms with van der Waals surface area (Å²) >= 11 is 0.761. The second-order valence-corrected chi connectivity index (χ2v) is 33.4.